The maximum atomic E-state index is 10.6. The molecule has 0 bridgehead atoms. The number of Topliss-reactive ketones (excluding diaryl/α,β-unsaturated/α-hetero) is 1. The number of carbonyl (C=O) groups is 1. The van der Waals surface area contributed by atoms with Crippen molar-refractivity contribution >= 4 is 5.78 Å². The van der Waals surface area contributed by atoms with Crippen molar-refractivity contribution in [3.05, 3.63) is 24.6 Å². The first-order valence-electron chi connectivity index (χ1n) is 3.64. The van der Waals surface area contributed by atoms with Gasteiger partial charge in [-0.05, 0) is 19.1 Å². The molecule has 0 aliphatic carbocycles. The van der Waals surface area contributed by atoms with E-state index in [2.05, 4.69) is 5.43 Å². The fraction of sp³-hybridized carbons (Fsp3) is 0.375. The minimum atomic E-state index is 0.217. The Morgan fingerprint density at radius 3 is 2.91 bits per heavy atom. The van der Waals surface area contributed by atoms with Crippen LogP contribution < -0.4 is 5.43 Å². The summed E-state index contributed by atoms with van der Waals surface area (Å²) in [6.45, 7) is 2.33. The summed E-state index contributed by atoms with van der Waals surface area (Å²) in [4.78, 5) is 10.6. The van der Waals surface area contributed by atoms with E-state index in [0.29, 0.717) is 6.42 Å². The van der Waals surface area contributed by atoms with E-state index in [9.17, 15) is 4.79 Å². The fourth-order valence-corrected chi connectivity index (χ4v) is 0.808. The number of hydrogen-bond acceptors (Lipinski definition) is 3. The molecular formula is C8H12N2O. The number of carbonyl (C=O) groups excluding carboxylic acids is 1. The van der Waals surface area contributed by atoms with Crippen LogP contribution in [0.1, 0.15) is 13.3 Å². The van der Waals surface area contributed by atoms with E-state index in [1.165, 1.54) is 0 Å². The van der Waals surface area contributed by atoms with Crippen molar-refractivity contribution in [3.63, 3.8) is 0 Å². The zero-order valence-corrected chi connectivity index (χ0v) is 6.58. The second-order valence-electron chi connectivity index (χ2n) is 2.48. The van der Waals surface area contributed by atoms with Crippen LogP contribution in [-0.2, 0) is 4.79 Å². The van der Waals surface area contributed by atoms with Crippen LogP contribution in [0.3, 0.4) is 0 Å². The van der Waals surface area contributed by atoms with E-state index < -0.39 is 0 Å². The van der Waals surface area contributed by atoms with Crippen molar-refractivity contribution in [2.45, 2.75) is 13.3 Å². The Balaban J connectivity index is 2.22. The third-order valence-corrected chi connectivity index (χ3v) is 1.42. The van der Waals surface area contributed by atoms with Crippen molar-refractivity contribution in [2.75, 3.05) is 6.54 Å². The second kappa shape index (κ2) is 3.81. The molecule has 1 aliphatic rings. The molecule has 0 radical (unpaired) electrons. The molecule has 1 heterocycles. The van der Waals surface area contributed by atoms with Crippen molar-refractivity contribution in [1.29, 1.82) is 0 Å². The molecule has 0 aromatic rings. The number of nitrogens with one attached hydrogen (secondary N) is 1. The van der Waals surface area contributed by atoms with Crippen LogP contribution in [0.2, 0.25) is 0 Å². The molecule has 0 spiro atoms. The first-order chi connectivity index (χ1) is 5.29. The molecule has 0 aromatic heterocycles. The van der Waals surface area contributed by atoms with Gasteiger partial charge in [-0.25, -0.2) is 0 Å². The maximum absolute atomic E-state index is 10.6. The molecule has 1 aliphatic heterocycles. The van der Waals surface area contributed by atoms with Crippen LogP contribution in [0.25, 0.3) is 0 Å². The number of hydrazine groups is 1. The number of rotatable bonds is 3. The predicted octanol–water partition coefficient (Wildman–Crippen LogP) is 0.813. The summed E-state index contributed by atoms with van der Waals surface area (Å²) < 4.78 is 0. The van der Waals surface area contributed by atoms with Gasteiger partial charge in [-0.1, -0.05) is 0 Å². The lowest BCUT2D eigenvalue weighted by atomic mass is 10.3. The highest BCUT2D eigenvalue weighted by Crippen LogP contribution is 1.94. The lowest BCUT2D eigenvalue weighted by Crippen LogP contribution is -2.32. The maximum Gasteiger partial charge on any atom is 0.131 e. The third-order valence-electron chi connectivity index (χ3n) is 1.42. The summed E-state index contributed by atoms with van der Waals surface area (Å²) in [5.74, 6) is 0.217. The van der Waals surface area contributed by atoms with E-state index in [1.54, 1.807) is 6.92 Å². The largest absolute Gasteiger partial charge is 0.306 e. The molecule has 0 saturated carbocycles. The highest BCUT2D eigenvalue weighted by molar-refractivity contribution is 5.75. The number of allylic oxidation sites excluding steroid dienone is 2. The quantitative estimate of drug-likeness (QED) is 0.649. The van der Waals surface area contributed by atoms with Crippen molar-refractivity contribution < 1.29 is 4.79 Å². The highest BCUT2D eigenvalue weighted by Gasteiger charge is 1.99. The summed E-state index contributed by atoms with van der Waals surface area (Å²) >= 11 is 0. The summed E-state index contributed by atoms with van der Waals surface area (Å²) in [6, 6.07) is 0. The minimum Gasteiger partial charge on any atom is -0.306 e. The Morgan fingerprint density at radius 1 is 1.55 bits per heavy atom. The second-order valence-corrected chi connectivity index (χ2v) is 2.48. The highest BCUT2D eigenvalue weighted by atomic mass is 16.1. The van der Waals surface area contributed by atoms with Crippen LogP contribution in [0.4, 0.5) is 0 Å². The van der Waals surface area contributed by atoms with E-state index >= 15 is 0 Å². The van der Waals surface area contributed by atoms with E-state index in [0.717, 1.165) is 6.54 Å². The van der Waals surface area contributed by atoms with Crippen LogP contribution >= 0.6 is 0 Å². The van der Waals surface area contributed by atoms with Gasteiger partial charge in [0, 0.05) is 25.4 Å². The average molecular weight is 152 g/mol. The molecule has 0 fully saturated rings. The molecule has 0 atom stereocenters. The van der Waals surface area contributed by atoms with E-state index in [4.69, 9.17) is 0 Å². The van der Waals surface area contributed by atoms with Crippen molar-refractivity contribution in [1.82, 2.24) is 10.4 Å². The standard InChI is InChI=1S/C8H12N2O/c1-8(11)4-7-10-6-3-2-5-9-10/h2-3,5-6,9H,4,7H2,1H3. The molecule has 0 aromatic carbocycles. The smallest absolute Gasteiger partial charge is 0.131 e. The fourth-order valence-electron chi connectivity index (χ4n) is 0.808. The van der Waals surface area contributed by atoms with Gasteiger partial charge in [0.05, 0.1) is 0 Å². The van der Waals surface area contributed by atoms with Gasteiger partial charge in [-0.2, -0.15) is 0 Å². The third kappa shape index (κ3) is 2.89. The zero-order valence-electron chi connectivity index (χ0n) is 6.58. The van der Waals surface area contributed by atoms with Gasteiger partial charge in [-0.3, -0.25) is 9.80 Å². The SMILES string of the molecule is CC(=O)CCN1C=CC=CN1. The summed E-state index contributed by atoms with van der Waals surface area (Å²) in [7, 11) is 0. The first-order valence-corrected chi connectivity index (χ1v) is 3.64. The zero-order chi connectivity index (χ0) is 8.10. The van der Waals surface area contributed by atoms with Gasteiger partial charge in [0.15, 0.2) is 0 Å². The summed E-state index contributed by atoms with van der Waals surface area (Å²) in [5.41, 5.74) is 2.99. The minimum absolute atomic E-state index is 0.217. The topological polar surface area (TPSA) is 32.3 Å². The van der Waals surface area contributed by atoms with E-state index in [-0.39, 0.29) is 5.78 Å². The van der Waals surface area contributed by atoms with Gasteiger partial charge >= 0.3 is 0 Å². The molecule has 60 valence electrons. The molecular weight excluding hydrogens is 140 g/mol. The molecule has 3 nitrogen and oxygen atoms in total. The van der Waals surface area contributed by atoms with Crippen LogP contribution in [0, 0.1) is 0 Å². The molecule has 1 rings (SSSR count). The summed E-state index contributed by atoms with van der Waals surface area (Å²) in [6.07, 6.45) is 8.16. The lowest BCUT2D eigenvalue weighted by Gasteiger charge is -2.21. The summed E-state index contributed by atoms with van der Waals surface area (Å²) in [5, 5.41) is 1.88. The van der Waals surface area contributed by atoms with Gasteiger partial charge in [-0.15, -0.1) is 0 Å². The lowest BCUT2D eigenvalue weighted by molar-refractivity contribution is -0.117. The number of ketones is 1. The van der Waals surface area contributed by atoms with Crippen LogP contribution in [-0.4, -0.2) is 17.3 Å². The Hall–Kier alpha value is -1.25. The van der Waals surface area contributed by atoms with Crippen molar-refractivity contribution in [2.24, 2.45) is 0 Å². The van der Waals surface area contributed by atoms with Crippen LogP contribution in [0.15, 0.2) is 24.6 Å². The number of hydrogen-bond donors (Lipinski definition) is 1. The molecule has 11 heavy (non-hydrogen) atoms. The Bertz CT molecular complexity index is 196. The van der Waals surface area contributed by atoms with Gasteiger partial charge in [0.1, 0.15) is 5.78 Å². The van der Waals surface area contributed by atoms with E-state index in [1.807, 2.05) is 29.6 Å². The first kappa shape index (κ1) is 7.85. The Morgan fingerprint density at radius 2 is 2.36 bits per heavy atom. The number of nitrogens with zero attached hydrogens (tertiary/aromatic N) is 1. The molecule has 1 N–H and O–H groups in total. The normalized spacial score (nSPS) is 14.8. The predicted molar refractivity (Wildman–Crippen MR) is 43.4 cm³/mol. The average Bonchev–Trinajstić information content (AvgIpc) is 2.03. The van der Waals surface area contributed by atoms with Gasteiger partial charge < -0.3 is 5.43 Å². The molecule has 0 saturated heterocycles. The Labute approximate surface area is 66.4 Å². The van der Waals surface area contributed by atoms with Gasteiger partial charge in [0.2, 0.25) is 0 Å². The van der Waals surface area contributed by atoms with Crippen molar-refractivity contribution in [3.8, 4) is 0 Å². The van der Waals surface area contributed by atoms with Gasteiger partial charge in [0.25, 0.3) is 0 Å². The molecule has 0 amide bonds. The molecule has 0 unspecified atom stereocenters. The monoisotopic (exact) mass is 152 g/mol. The Kier molecular flexibility index (Phi) is 2.72. The van der Waals surface area contributed by atoms with Crippen LogP contribution in [0.5, 0.6) is 0 Å². The molecule has 3 heteroatoms.